The fraction of sp³-hybridized carbons (Fsp3) is 0.296. The summed E-state index contributed by atoms with van der Waals surface area (Å²) in [6.07, 6.45) is 4.50. The normalized spacial score (nSPS) is 18.0. The summed E-state index contributed by atoms with van der Waals surface area (Å²) in [5, 5.41) is 3.08. The molecule has 5 rings (SSSR count). The Morgan fingerprint density at radius 2 is 1.62 bits per heavy atom. The summed E-state index contributed by atoms with van der Waals surface area (Å²) >= 11 is 0. The van der Waals surface area contributed by atoms with Gasteiger partial charge in [-0.15, -0.1) is 0 Å². The fourth-order valence-corrected chi connectivity index (χ4v) is 6.54. The maximum atomic E-state index is 13.7. The average Bonchev–Trinajstić information content (AvgIpc) is 2.88. The summed E-state index contributed by atoms with van der Waals surface area (Å²) in [5.41, 5.74) is 5.14. The van der Waals surface area contributed by atoms with E-state index in [-0.39, 0.29) is 17.3 Å². The molecule has 34 heavy (non-hydrogen) atoms. The van der Waals surface area contributed by atoms with Crippen LogP contribution in [0.4, 0.5) is 5.69 Å². The smallest absolute Gasteiger partial charge is 0.244 e. The third-order valence-corrected chi connectivity index (χ3v) is 8.70. The first kappa shape index (κ1) is 22.6. The van der Waals surface area contributed by atoms with Gasteiger partial charge < -0.3 is 10.1 Å². The van der Waals surface area contributed by atoms with Gasteiger partial charge in [0.25, 0.3) is 0 Å². The largest absolute Gasteiger partial charge is 0.497 e. The van der Waals surface area contributed by atoms with E-state index in [1.807, 2.05) is 36.4 Å². The first-order chi connectivity index (χ1) is 16.5. The minimum atomic E-state index is -3.92. The standard InChI is InChI=1S/C27H28N2O4S/c1-33-22-13-15-23(16-14-22)34(31,32)29-18-21-9-3-2-8-20(21)17-26(29)27(30)28-25-12-6-10-19-7-4-5-11-24(19)25/h2-3,6,8-10,12-16,26H,4-5,7,11,17-18H2,1H3,(H,28,30)/t26-/m1/s1. The van der Waals surface area contributed by atoms with Crippen molar-refractivity contribution in [1.82, 2.24) is 4.31 Å². The van der Waals surface area contributed by atoms with Crippen molar-refractivity contribution in [2.24, 2.45) is 0 Å². The van der Waals surface area contributed by atoms with E-state index in [1.54, 1.807) is 12.1 Å². The first-order valence-corrected chi connectivity index (χ1v) is 13.1. The number of hydrogen-bond acceptors (Lipinski definition) is 4. The SMILES string of the molecule is COc1ccc(S(=O)(=O)N2Cc3ccccc3C[C@@H]2C(=O)Nc2cccc3c2CCCC3)cc1. The van der Waals surface area contributed by atoms with E-state index in [9.17, 15) is 13.2 Å². The lowest BCUT2D eigenvalue weighted by molar-refractivity contribution is -0.120. The molecular formula is C27H28N2O4S. The quantitative estimate of drug-likeness (QED) is 0.595. The summed E-state index contributed by atoms with van der Waals surface area (Å²) < 4.78 is 33.9. The summed E-state index contributed by atoms with van der Waals surface area (Å²) in [5.74, 6) is 0.275. The van der Waals surface area contributed by atoms with Crippen LogP contribution in [-0.2, 0) is 40.6 Å². The number of carbonyl (C=O) groups excluding carboxylic acids is 1. The van der Waals surface area contributed by atoms with Gasteiger partial charge in [0.05, 0.1) is 12.0 Å². The molecule has 2 aliphatic rings. The molecule has 3 aromatic rings. The number of aryl methyl sites for hydroxylation is 1. The number of nitrogens with zero attached hydrogens (tertiary/aromatic N) is 1. The van der Waals surface area contributed by atoms with Crippen molar-refractivity contribution in [3.8, 4) is 5.75 Å². The molecule has 0 spiro atoms. The fourth-order valence-electron chi connectivity index (χ4n) is 4.97. The second-order valence-corrected chi connectivity index (χ2v) is 10.7. The lowest BCUT2D eigenvalue weighted by atomic mass is 9.90. The van der Waals surface area contributed by atoms with E-state index in [0.717, 1.165) is 42.5 Å². The summed E-state index contributed by atoms with van der Waals surface area (Å²) in [6, 6.07) is 19.2. The average molecular weight is 477 g/mol. The van der Waals surface area contributed by atoms with Gasteiger partial charge in [0.2, 0.25) is 15.9 Å². The molecule has 0 aromatic heterocycles. The van der Waals surface area contributed by atoms with Gasteiger partial charge in [-0.1, -0.05) is 36.4 Å². The molecular weight excluding hydrogens is 448 g/mol. The van der Waals surface area contributed by atoms with Gasteiger partial charge in [0.1, 0.15) is 11.8 Å². The zero-order chi connectivity index (χ0) is 23.7. The zero-order valence-electron chi connectivity index (χ0n) is 19.2. The zero-order valence-corrected chi connectivity index (χ0v) is 20.0. The van der Waals surface area contributed by atoms with Gasteiger partial charge in [-0.25, -0.2) is 8.42 Å². The van der Waals surface area contributed by atoms with Gasteiger partial charge >= 0.3 is 0 Å². The lowest BCUT2D eigenvalue weighted by Crippen LogP contribution is -2.50. The third kappa shape index (κ3) is 4.21. The van der Waals surface area contributed by atoms with Gasteiger partial charge in [0, 0.05) is 12.2 Å². The molecule has 0 radical (unpaired) electrons. The second kappa shape index (κ2) is 9.24. The van der Waals surface area contributed by atoms with Crippen LogP contribution in [-0.4, -0.2) is 31.8 Å². The number of rotatable bonds is 5. The lowest BCUT2D eigenvalue weighted by Gasteiger charge is -2.35. The highest BCUT2D eigenvalue weighted by Gasteiger charge is 2.39. The number of fused-ring (bicyclic) bond motifs is 2. The van der Waals surface area contributed by atoms with Gasteiger partial charge in [-0.2, -0.15) is 4.31 Å². The van der Waals surface area contributed by atoms with Crippen LogP contribution in [0.1, 0.15) is 35.1 Å². The Morgan fingerprint density at radius 3 is 2.38 bits per heavy atom. The Balaban J connectivity index is 1.50. The van der Waals surface area contributed by atoms with Crippen molar-refractivity contribution < 1.29 is 17.9 Å². The molecule has 1 heterocycles. The summed E-state index contributed by atoms with van der Waals surface area (Å²) in [6.45, 7) is 0.148. The molecule has 176 valence electrons. The molecule has 6 nitrogen and oxygen atoms in total. The molecule has 0 saturated heterocycles. The molecule has 1 atom stereocenters. The van der Waals surface area contributed by atoms with Gasteiger partial charge in [-0.05, 0) is 84.7 Å². The molecule has 1 N–H and O–H groups in total. The molecule has 0 saturated carbocycles. The number of anilines is 1. The van der Waals surface area contributed by atoms with E-state index >= 15 is 0 Å². The van der Waals surface area contributed by atoms with Crippen LogP contribution < -0.4 is 10.1 Å². The first-order valence-electron chi connectivity index (χ1n) is 11.6. The van der Waals surface area contributed by atoms with Crippen LogP contribution in [0, 0.1) is 0 Å². The van der Waals surface area contributed by atoms with Gasteiger partial charge in [-0.3, -0.25) is 4.79 Å². The predicted molar refractivity (Wildman–Crippen MR) is 131 cm³/mol. The van der Waals surface area contributed by atoms with Crippen molar-refractivity contribution >= 4 is 21.6 Å². The van der Waals surface area contributed by atoms with Gasteiger partial charge in [0.15, 0.2) is 0 Å². The number of amides is 1. The predicted octanol–water partition coefficient (Wildman–Crippen LogP) is 4.33. The van der Waals surface area contributed by atoms with Crippen molar-refractivity contribution in [1.29, 1.82) is 0 Å². The molecule has 0 unspecified atom stereocenters. The van der Waals surface area contributed by atoms with Crippen LogP contribution in [0.15, 0.2) is 71.6 Å². The minimum absolute atomic E-state index is 0.141. The Morgan fingerprint density at radius 1 is 0.912 bits per heavy atom. The van der Waals surface area contributed by atoms with Crippen LogP contribution in [0.3, 0.4) is 0 Å². The molecule has 1 aliphatic heterocycles. The van der Waals surface area contributed by atoms with Crippen LogP contribution in [0.2, 0.25) is 0 Å². The number of nitrogens with one attached hydrogen (secondary N) is 1. The van der Waals surface area contributed by atoms with E-state index < -0.39 is 16.1 Å². The molecule has 3 aromatic carbocycles. The van der Waals surface area contributed by atoms with Crippen LogP contribution in [0.25, 0.3) is 0 Å². The summed E-state index contributed by atoms with van der Waals surface area (Å²) in [7, 11) is -2.38. The van der Waals surface area contributed by atoms with E-state index in [4.69, 9.17) is 4.74 Å². The van der Waals surface area contributed by atoms with Crippen LogP contribution >= 0.6 is 0 Å². The maximum Gasteiger partial charge on any atom is 0.244 e. The van der Waals surface area contributed by atoms with Crippen molar-refractivity contribution in [3.05, 3.63) is 89.0 Å². The van der Waals surface area contributed by atoms with Crippen LogP contribution in [0.5, 0.6) is 5.75 Å². The Hall–Kier alpha value is -3.16. The maximum absolute atomic E-state index is 13.7. The van der Waals surface area contributed by atoms with Crippen molar-refractivity contribution in [2.75, 3.05) is 12.4 Å². The molecule has 1 amide bonds. The Bertz CT molecular complexity index is 1320. The van der Waals surface area contributed by atoms with Crippen molar-refractivity contribution in [2.45, 2.75) is 49.6 Å². The second-order valence-electron chi connectivity index (χ2n) is 8.85. The number of carbonyl (C=O) groups is 1. The highest BCUT2D eigenvalue weighted by atomic mass is 32.2. The minimum Gasteiger partial charge on any atom is -0.497 e. The number of hydrogen-bond donors (Lipinski definition) is 1. The number of benzene rings is 3. The Kier molecular flexibility index (Phi) is 6.15. The number of methoxy groups -OCH3 is 1. The number of ether oxygens (including phenoxy) is 1. The van der Waals surface area contributed by atoms with Crippen molar-refractivity contribution in [3.63, 3.8) is 0 Å². The molecule has 7 heteroatoms. The third-order valence-electron chi connectivity index (χ3n) is 6.83. The topological polar surface area (TPSA) is 75.7 Å². The Labute approximate surface area is 200 Å². The van der Waals surface area contributed by atoms with E-state index in [1.165, 1.54) is 34.7 Å². The molecule has 0 fully saturated rings. The monoisotopic (exact) mass is 476 g/mol. The highest BCUT2D eigenvalue weighted by molar-refractivity contribution is 7.89. The highest BCUT2D eigenvalue weighted by Crippen LogP contribution is 2.32. The van der Waals surface area contributed by atoms with E-state index in [0.29, 0.717) is 12.2 Å². The van der Waals surface area contributed by atoms with E-state index in [2.05, 4.69) is 11.4 Å². The summed E-state index contributed by atoms with van der Waals surface area (Å²) in [4.78, 5) is 13.8. The molecule has 1 aliphatic carbocycles. The number of sulfonamides is 1. The molecule has 0 bridgehead atoms.